The fraction of sp³-hybridized carbons (Fsp3) is 0.0714. The Balaban J connectivity index is 1.74. The molecule has 2 aromatic heterocycles. The maximum Gasteiger partial charge on any atom is 0.416 e. The summed E-state index contributed by atoms with van der Waals surface area (Å²) in [6, 6.07) is 21.3. The zero-order valence-corrected chi connectivity index (χ0v) is 20.5. The second-order valence-electron chi connectivity index (χ2n) is 8.17. The van der Waals surface area contributed by atoms with E-state index >= 15 is 0 Å². The van der Waals surface area contributed by atoms with Crippen molar-refractivity contribution in [2.24, 2.45) is 0 Å². The third-order valence-electron chi connectivity index (χ3n) is 5.79. The number of fused-ring (bicyclic) bond motifs is 1. The van der Waals surface area contributed by atoms with Crippen LogP contribution in [0.3, 0.4) is 0 Å². The topological polar surface area (TPSA) is 81.7 Å². The summed E-state index contributed by atoms with van der Waals surface area (Å²) < 4.78 is 51.5. The van der Waals surface area contributed by atoms with Crippen molar-refractivity contribution in [1.82, 2.24) is 4.57 Å². The van der Waals surface area contributed by atoms with Crippen LogP contribution in [0.15, 0.2) is 109 Å². The van der Waals surface area contributed by atoms with Crippen molar-refractivity contribution in [3.63, 3.8) is 0 Å². The molecule has 0 spiro atoms. The summed E-state index contributed by atoms with van der Waals surface area (Å²) in [5.41, 5.74) is -1.25. The van der Waals surface area contributed by atoms with Crippen molar-refractivity contribution in [3.8, 4) is 28.4 Å². The van der Waals surface area contributed by atoms with Gasteiger partial charge in [0.15, 0.2) is 5.75 Å². The van der Waals surface area contributed by atoms with Crippen LogP contribution in [0.25, 0.3) is 27.9 Å². The van der Waals surface area contributed by atoms with E-state index in [2.05, 4.69) is 0 Å². The van der Waals surface area contributed by atoms with Crippen LogP contribution >= 0.6 is 11.8 Å². The molecule has 0 fully saturated rings. The Morgan fingerprint density at radius 3 is 2.29 bits per heavy atom. The number of rotatable bonds is 5. The molecule has 38 heavy (non-hydrogen) atoms. The largest absolute Gasteiger partial charge is 0.505 e. The van der Waals surface area contributed by atoms with Gasteiger partial charge >= 0.3 is 11.8 Å². The summed E-state index contributed by atoms with van der Waals surface area (Å²) in [6.45, 7) is 0. The lowest BCUT2D eigenvalue weighted by molar-refractivity contribution is -0.137. The van der Waals surface area contributed by atoms with E-state index in [1.165, 1.54) is 29.9 Å². The molecule has 0 radical (unpaired) electrons. The summed E-state index contributed by atoms with van der Waals surface area (Å²) >= 11 is 0.581. The Morgan fingerprint density at radius 1 is 0.921 bits per heavy atom. The number of alkyl halides is 3. The number of pyridine rings is 1. The third-order valence-corrected chi connectivity index (χ3v) is 6.85. The molecule has 0 bridgehead atoms. The predicted octanol–water partition coefficient (Wildman–Crippen LogP) is 6.50. The van der Waals surface area contributed by atoms with E-state index in [0.717, 1.165) is 12.1 Å². The lowest BCUT2D eigenvalue weighted by atomic mass is 10.1. The molecule has 0 aliphatic heterocycles. The lowest BCUT2D eigenvalue weighted by Gasteiger charge is -2.16. The number of hydrogen-bond donors (Lipinski definition) is 1. The zero-order chi connectivity index (χ0) is 27.0. The van der Waals surface area contributed by atoms with Gasteiger partial charge in [0.05, 0.1) is 18.4 Å². The molecular weight excluding hydrogens is 519 g/mol. The number of benzene rings is 3. The highest BCUT2D eigenvalue weighted by atomic mass is 32.2. The Kier molecular flexibility index (Phi) is 6.50. The molecular formula is C28H18F3NO5S. The van der Waals surface area contributed by atoms with Gasteiger partial charge in [0, 0.05) is 16.6 Å². The number of hydrogen-bond acceptors (Lipinski definition) is 6. The molecule has 6 nitrogen and oxygen atoms in total. The molecule has 0 aliphatic rings. The zero-order valence-electron chi connectivity index (χ0n) is 19.7. The van der Waals surface area contributed by atoms with Crippen LogP contribution in [0.4, 0.5) is 13.2 Å². The van der Waals surface area contributed by atoms with Crippen LogP contribution in [0, 0.1) is 0 Å². The van der Waals surface area contributed by atoms with E-state index in [-0.39, 0.29) is 15.9 Å². The fourth-order valence-corrected chi connectivity index (χ4v) is 4.89. The number of nitrogens with zero attached hydrogens (tertiary/aromatic N) is 1. The van der Waals surface area contributed by atoms with Crippen molar-refractivity contribution in [1.29, 1.82) is 0 Å². The maximum atomic E-state index is 13.9. The van der Waals surface area contributed by atoms with Crippen LogP contribution in [0.2, 0.25) is 0 Å². The van der Waals surface area contributed by atoms with Crippen LogP contribution < -0.4 is 15.9 Å². The molecule has 1 N–H and O–H groups in total. The molecule has 5 aromatic rings. The third kappa shape index (κ3) is 4.66. The number of methoxy groups -OCH3 is 1. The average molecular weight is 538 g/mol. The highest BCUT2D eigenvalue weighted by molar-refractivity contribution is 7.99. The lowest BCUT2D eigenvalue weighted by Crippen LogP contribution is -2.21. The molecule has 0 unspecified atom stereocenters. The minimum Gasteiger partial charge on any atom is -0.505 e. The van der Waals surface area contributed by atoms with E-state index in [9.17, 15) is 27.9 Å². The number of aromatic nitrogens is 1. The first kappa shape index (κ1) is 25.2. The molecule has 0 saturated carbocycles. The first-order valence-electron chi connectivity index (χ1n) is 11.2. The van der Waals surface area contributed by atoms with E-state index in [1.807, 2.05) is 6.07 Å². The summed E-state index contributed by atoms with van der Waals surface area (Å²) in [5, 5.41) is 10.8. The molecule has 5 rings (SSSR count). The Labute approximate surface area is 217 Å². The van der Waals surface area contributed by atoms with Gasteiger partial charge in [0.1, 0.15) is 21.6 Å². The first-order chi connectivity index (χ1) is 18.2. The summed E-state index contributed by atoms with van der Waals surface area (Å²) in [7, 11) is 1.51. The van der Waals surface area contributed by atoms with Crippen LogP contribution in [0.1, 0.15) is 5.56 Å². The van der Waals surface area contributed by atoms with Crippen molar-refractivity contribution in [2.45, 2.75) is 16.0 Å². The molecule has 0 aliphatic carbocycles. The Morgan fingerprint density at radius 2 is 1.63 bits per heavy atom. The van der Waals surface area contributed by atoms with Crippen molar-refractivity contribution in [2.75, 3.05) is 7.11 Å². The highest BCUT2D eigenvalue weighted by Crippen LogP contribution is 2.39. The number of ether oxygens (including phenoxy) is 1. The minimum absolute atomic E-state index is 0.0400. The molecule has 0 saturated heterocycles. The van der Waals surface area contributed by atoms with Gasteiger partial charge in [0.25, 0.3) is 5.56 Å². The Hall–Kier alpha value is -4.44. The Bertz CT molecular complexity index is 1760. The predicted molar refractivity (Wildman–Crippen MR) is 137 cm³/mol. The van der Waals surface area contributed by atoms with Crippen molar-refractivity contribution >= 4 is 22.7 Å². The van der Waals surface area contributed by atoms with Crippen molar-refractivity contribution in [3.05, 3.63) is 111 Å². The highest BCUT2D eigenvalue weighted by Gasteiger charge is 2.31. The summed E-state index contributed by atoms with van der Waals surface area (Å²) in [5.74, 6) is -0.108. The minimum atomic E-state index is -4.59. The molecule has 3 aromatic carbocycles. The van der Waals surface area contributed by atoms with Gasteiger partial charge in [-0.25, -0.2) is 4.79 Å². The SMILES string of the molecule is COc1ccc(-n2c(-c3ccccc3)cc3oc(=O)c(Sc4cccc(C(F)(F)F)c4)c(O)c3c2=O)cc1. The van der Waals surface area contributed by atoms with Crippen LogP contribution in [0.5, 0.6) is 11.5 Å². The van der Waals surface area contributed by atoms with Crippen LogP contribution in [-0.4, -0.2) is 16.8 Å². The maximum absolute atomic E-state index is 13.9. The smallest absolute Gasteiger partial charge is 0.416 e. The molecule has 0 atom stereocenters. The number of halogens is 3. The van der Waals surface area contributed by atoms with Gasteiger partial charge in [-0.05, 0) is 48.0 Å². The number of aromatic hydroxyl groups is 1. The van der Waals surface area contributed by atoms with Gasteiger partial charge in [0.2, 0.25) is 0 Å². The summed E-state index contributed by atoms with van der Waals surface area (Å²) in [6.07, 6.45) is -4.59. The van der Waals surface area contributed by atoms with Gasteiger partial charge in [-0.3, -0.25) is 9.36 Å². The van der Waals surface area contributed by atoms with E-state index < -0.39 is 33.6 Å². The monoisotopic (exact) mass is 537 g/mol. The standard InChI is InChI=1S/C28H18F3NO5S/c1-36-19-12-10-18(11-13-19)32-21(16-6-3-2-4-7-16)15-22-23(26(32)34)24(33)25(27(35)37-22)38-20-9-5-8-17(14-20)28(29,30)31/h2-15,33H,1H3. The van der Waals surface area contributed by atoms with Gasteiger partial charge in [-0.15, -0.1) is 0 Å². The van der Waals surface area contributed by atoms with Crippen molar-refractivity contribution < 1.29 is 27.4 Å². The second kappa shape index (κ2) is 9.79. The van der Waals surface area contributed by atoms with Crippen LogP contribution in [-0.2, 0) is 6.18 Å². The van der Waals surface area contributed by atoms with E-state index in [4.69, 9.17) is 9.15 Å². The normalized spacial score (nSPS) is 11.6. The quantitative estimate of drug-likeness (QED) is 0.276. The molecule has 0 amide bonds. The summed E-state index contributed by atoms with van der Waals surface area (Å²) in [4.78, 5) is 26.3. The fourth-order valence-electron chi connectivity index (χ4n) is 4.00. The first-order valence-corrected chi connectivity index (χ1v) is 12.0. The average Bonchev–Trinajstić information content (AvgIpc) is 2.91. The van der Waals surface area contributed by atoms with Gasteiger partial charge in [-0.2, -0.15) is 13.2 Å². The van der Waals surface area contributed by atoms with E-state index in [1.54, 1.807) is 48.5 Å². The van der Waals surface area contributed by atoms with E-state index in [0.29, 0.717) is 34.5 Å². The molecule has 2 heterocycles. The molecule has 192 valence electrons. The second-order valence-corrected chi connectivity index (χ2v) is 9.25. The van der Waals surface area contributed by atoms with Gasteiger partial charge in [-0.1, -0.05) is 48.2 Å². The van der Waals surface area contributed by atoms with Gasteiger partial charge < -0.3 is 14.3 Å². The molecule has 10 heteroatoms.